The Hall–Kier alpha value is -2.16. The lowest BCUT2D eigenvalue weighted by molar-refractivity contribution is -0.201. The van der Waals surface area contributed by atoms with Crippen molar-refractivity contribution in [3.63, 3.8) is 0 Å². The van der Waals surface area contributed by atoms with Gasteiger partial charge in [0, 0.05) is 5.56 Å². The number of aromatic nitrogens is 3. The number of hydrogen-bond acceptors (Lipinski definition) is 4. The summed E-state index contributed by atoms with van der Waals surface area (Å²) in [4.78, 5) is 11.6. The fourth-order valence-corrected chi connectivity index (χ4v) is 1.39. The Balaban J connectivity index is 2.03. The van der Waals surface area contributed by atoms with Crippen molar-refractivity contribution in [1.29, 1.82) is 0 Å². The third-order valence-electron chi connectivity index (χ3n) is 2.41. The second-order valence-corrected chi connectivity index (χ2v) is 3.79. The molecule has 0 aliphatic carbocycles. The van der Waals surface area contributed by atoms with E-state index in [1.54, 1.807) is 0 Å². The van der Waals surface area contributed by atoms with Crippen LogP contribution in [0.1, 0.15) is 10.4 Å². The molecular weight excluding hydrogens is 265 g/mol. The van der Waals surface area contributed by atoms with Gasteiger partial charge in [0.05, 0.1) is 6.54 Å². The van der Waals surface area contributed by atoms with Gasteiger partial charge in [0.25, 0.3) is 5.91 Å². The van der Waals surface area contributed by atoms with Crippen LogP contribution in [0.4, 0.5) is 13.2 Å². The van der Waals surface area contributed by atoms with E-state index in [9.17, 15) is 18.0 Å². The van der Waals surface area contributed by atoms with E-state index >= 15 is 0 Å². The van der Waals surface area contributed by atoms with Crippen molar-refractivity contribution in [2.75, 3.05) is 6.54 Å². The van der Waals surface area contributed by atoms with E-state index in [0.717, 1.165) is 0 Å². The molecule has 0 spiro atoms. The van der Waals surface area contributed by atoms with Crippen molar-refractivity contribution in [3.05, 3.63) is 23.8 Å². The van der Waals surface area contributed by atoms with E-state index in [4.69, 9.17) is 5.11 Å². The molecule has 1 aromatic carbocycles. The number of hydrogen-bond donors (Lipinski definition) is 3. The number of carbonyl (C=O) groups is 1. The van der Waals surface area contributed by atoms with Gasteiger partial charge >= 0.3 is 6.18 Å². The number of nitrogens with one attached hydrogen (secondary N) is 2. The molecule has 0 saturated heterocycles. The summed E-state index contributed by atoms with van der Waals surface area (Å²) in [7, 11) is 0. The lowest BCUT2D eigenvalue weighted by Crippen LogP contribution is -2.40. The van der Waals surface area contributed by atoms with Crippen molar-refractivity contribution in [1.82, 2.24) is 20.7 Å². The lowest BCUT2D eigenvalue weighted by atomic mass is 10.2. The monoisotopic (exact) mass is 274 g/mol. The summed E-state index contributed by atoms with van der Waals surface area (Å²) < 4.78 is 36.1. The second kappa shape index (κ2) is 4.84. The zero-order chi connectivity index (χ0) is 14.0. The highest BCUT2D eigenvalue weighted by Crippen LogP contribution is 2.19. The molecule has 1 atom stereocenters. The Labute approximate surface area is 104 Å². The number of fused-ring (bicyclic) bond motifs is 1. The number of aliphatic hydroxyl groups excluding tert-OH is 1. The van der Waals surface area contributed by atoms with Crippen LogP contribution in [0.25, 0.3) is 11.0 Å². The van der Waals surface area contributed by atoms with Crippen LogP contribution in [0.2, 0.25) is 0 Å². The predicted molar refractivity (Wildman–Crippen MR) is 58.3 cm³/mol. The van der Waals surface area contributed by atoms with Crippen LogP contribution in [-0.4, -0.2) is 45.2 Å². The van der Waals surface area contributed by atoms with E-state index in [0.29, 0.717) is 11.0 Å². The molecule has 102 valence electrons. The van der Waals surface area contributed by atoms with E-state index in [1.807, 2.05) is 5.32 Å². The van der Waals surface area contributed by atoms with Gasteiger partial charge in [0.1, 0.15) is 11.0 Å². The molecule has 2 aromatic rings. The van der Waals surface area contributed by atoms with Gasteiger partial charge < -0.3 is 10.4 Å². The fourth-order valence-electron chi connectivity index (χ4n) is 1.39. The molecule has 0 saturated carbocycles. The van der Waals surface area contributed by atoms with Crippen LogP contribution in [0.3, 0.4) is 0 Å². The molecule has 1 aromatic heterocycles. The van der Waals surface area contributed by atoms with E-state index in [1.165, 1.54) is 18.2 Å². The first-order valence-corrected chi connectivity index (χ1v) is 5.21. The standard InChI is InChI=1S/C10H9F3N4O2/c11-10(12,13)8(18)4-14-9(19)5-1-2-6-7(3-5)16-17-15-6/h1-3,8,18H,4H2,(H,14,19)(H,15,16,17). The van der Waals surface area contributed by atoms with Gasteiger partial charge in [-0.15, -0.1) is 0 Å². The molecule has 2 rings (SSSR count). The zero-order valence-electron chi connectivity index (χ0n) is 9.40. The number of halogens is 3. The summed E-state index contributed by atoms with van der Waals surface area (Å²) in [6.07, 6.45) is -7.35. The smallest absolute Gasteiger partial charge is 0.382 e. The van der Waals surface area contributed by atoms with Gasteiger partial charge in [0.15, 0.2) is 6.10 Å². The van der Waals surface area contributed by atoms with Gasteiger partial charge in [-0.3, -0.25) is 4.79 Å². The minimum atomic E-state index is -4.76. The number of H-pyrrole nitrogens is 1. The molecule has 0 bridgehead atoms. The lowest BCUT2D eigenvalue weighted by Gasteiger charge is -2.14. The minimum absolute atomic E-state index is 0.135. The molecule has 0 aliphatic rings. The summed E-state index contributed by atoms with van der Waals surface area (Å²) in [5, 5.41) is 20.6. The minimum Gasteiger partial charge on any atom is -0.382 e. The summed E-state index contributed by atoms with van der Waals surface area (Å²) in [6, 6.07) is 4.29. The quantitative estimate of drug-likeness (QED) is 0.764. The Morgan fingerprint density at radius 1 is 1.37 bits per heavy atom. The van der Waals surface area contributed by atoms with Crippen molar-refractivity contribution >= 4 is 16.9 Å². The molecule has 1 unspecified atom stereocenters. The Morgan fingerprint density at radius 2 is 2.05 bits per heavy atom. The molecule has 1 amide bonds. The van der Waals surface area contributed by atoms with Crippen LogP contribution >= 0.6 is 0 Å². The molecular formula is C10H9F3N4O2. The number of aromatic amines is 1. The number of rotatable bonds is 3. The van der Waals surface area contributed by atoms with E-state index < -0.39 is 24.7 Å². The highest BCUT2D eigenvalue weighted by atomic mass is 19.4. The number of alkyl halides is 3. The van der Waals surface area contributed by atoms with Crippen LogP contribution < -0.4 is 5.32 Å². The second-order valence-electron chi connectivity index (χ2n) is 3.79. The predicted octanol–water partition coefficient (Wildman–Crippen LogP) is 0.611. The third kappa shape index (κ3) is 2.99. The number of aliphatic hydroxyl groups is 1. The normalized spacial score (nSPS) is 13.5. The molecule has 6 nitrogen and oxygen atoms in total. The third-order valence-corrected chi connectivity index (χ3v) is 2.41. The zero-order valence-corrected chi connectivity index (χ0v) is 9.40. The topological polar surface area (TPSA) is 90.9 Å². The van der Waals surface area contributed by atoms with E-state index in [2.05, 4.69) is 15.4 Å². The Bertz CT molecular complexity index is 596. The molecule has 9 heteroatoms. The summed E-state index contributed by atoms with van der Waals surface area (Å²) in [6.45, 7) is -0.904. The first kappa shape index (κ1) is 13.3. The summed E-state index contributed by atoms with van der Waals surface area (Å²) in [5.74, 6) is -0.729. The van der Waals surface area contributed by atoms with Gasteiger partial charge in [-0.25, -0.2) is 0 Å². The molecule has 19 heavy (non-hydrogen) atoms. The van der Waals surface area contributed by atoms with Crippen LogP contribution in [0.15, 0.2) is 18.2 Å². The van der Waals surface area contributed by atoms with Gasteiger partial charge in [-0.05, 0) is 18.2 Å². The number of nitrogens with zero attached hydrogens (tertiary/aromatic N) is 2. The highest BCUT2D eigenvalue weighted by molar-refractivity contribution is 5.97. The maximum Gasteiger partial charge on any atom is 0.416 e. The molecule has 1 heterocycles. The van der Waals surface area contributed by atoms with Gasteiger partial charge in [0.2, 0.25) is 0 Å². The average Bonchev–Trinajstić information content (AvgIpc) is 2.81. The van der Waals surface area contributed by atoms with Crippen molar-refractivity contribution in [2.24, 2.45) is 0 Å². The highest BCUT2D eigenvalue weighted by Gasteiger charge is 2.38. The van der Waals surface area contributed by atoms with Crippen molar-refractivity contribution in [2.45, 2.75) is 12.3 Å². The first-order chi connectivity index (χ1) is 8.88. The van der Waals surface area contributed by atoms with Crippen LogP contribution in [0.5, 0.6) is 0 Å². The molecule has 0 radical (unpaired) electrons. The number of amides is 1. The maximum atomic E-state index is 12.0. The number of carbonyl (C=O) groups excluding carboxylic acids is 1. The van der Waals surface area contributed by atoms with E-state index in [-0.39, 0.29) is 5.56 Å². The van der Waals surface area contributed by atoms with Gasteiger partial charge in [-0.1, -0.05) is 0 Å². The Morgan fingerprint density at radius 3 is 2.74 bits per heavy atom. The van der Waals surface area contributed by atoms with Crippen LogP contribution in [-0.2, 0) is 0 Å². The number of benzene rings is 1. The average molecular weight is 274 g/mol. The summed E-state index contributed by atoms with van der Waals surface area (Å²) in [5.41, 5.74) is 1.09. The Kier molecular flexibility index (Phi) is 3.38. The maximum absolute atomic E-state index is 12.0. The van der Waals surface area contributed by atoms with Crippen molar-refractivity contribution in [3.8, 4) is 0 Å². The van der Waals surface area contributed by atoms with Crippen molar-refractivity contribution < 1.29 is 23.1 Å². The fraction of sp³-hybridized carbons (Fsp3) is 0.300. The first-order valence-electron chi connectivity index (χ1n) is 5.21. The molecule has 0 fully saturated rings. The van der Waals surface area contributed by atoms with Crippen LogP contribution in [0, 0.1) is 0 Å². The summed E-state index contributed by atoms with van der Waals surface area (Å²) >= 11 is 0. The largest absolute Gasteiger partial charge is 0.416 e. The van der Waals surface area contributed by atoms with Gasteiger partial charge in [-0.2, -0.15) is 28.6 Å². The molecule has 0 aliphatic heterocycles. The SMILES string of the molecule is O=C(NCC(O)C(F)(F)F)c1ccc2n[nH]nc2c1. The molecule has 3 N–H and O–H groups in total.